The molecule has 0 aliphatic rings. The van der Waals surface area contributed by atoms with Gasteiger partial charge in [-0.1, -0.05) is 78.8 Å². The molecule has 3 aromatic carbocycles. The number of amidine groups is 1. The number of nitrogens with zero attached hydrogens (tertiary/aromatic N) is 2. The third kappa shape index (κ3) is 7.43. The summed E-state index contributed by atoms with van der Waals surface area (Å²) in [6, 6.07) is 22.0. The van der Waals surface area contributed by atoms with Crippen LogP contribution in [0.4, 0.5) is 0 Å². The van der Waals surface area contributed by atoms with Crippen LogP contribution in [0.1, 0.15) is 35.2 Å². The van der Waals surface area contributed by atoms with Crippen molar-refractivity contribution in [2.24, 2.45) is 4.99 Å². The van der Waals surface area contributed by atoms with E-state index in [1.54, 1.807) is 23.9 Å². The van der Waals surface area contributed by atoms with E-state index in [9.17, 15) is 10.2 Å². The van der Waals surface area contributed by atoms with Gasteiger partial charge >= 0.3 is 0 Å². The molecule has 0 atom stereocenters. The quantitative estimate of drug-likeness (QED) is 0.260. The topological polar surface area (TPSA) is 56.1 Å². The largest absolute Gasteiger partial charge is 0.508 e. The highest BCUT2D eigenvalue weighted by Gasteiger charge is 2.15. The summed E-state index contributed by atoms with van der Waals surface area (Å²) in [4.78, 5) is 8.19. The molecule has 0 aliphatic heterocycles. The molecule has 3 aromatic rings. The molecule has 0 radical (unpaired) electrons. The highest BCUT2D eigenvalue weighted by molar-refractivity contribution is 8.13. The van der Waals surface area contributed by atoms with Crippen LogP contribution < -0.4 is 0 Å². The van der Waals surface area contributed by atoms with E-state index in [2.05, 4.69) is 68.1 Å². The number of phenolic OH excluding ortho intramolecular Hbond substituents is 1. The summed E-state index contributed by atoms with van der Waals surface area (Å²) >= 11 is 1.62. The Labute approximate surface area is 196 Å². The molecule has 0 amide bonds. The predicted octanol–water partition coefficient (Wildman–Crippen LogP) is 6.10. The molecular weight excluding hydrogens is 416 g/mol. The van der Waals surface area contributed by atoms with Crippen molar-refractivity contribution in [3.63, 3.8) is 0 Å². The van der Waals surface area contributed by atoms with Crippen LogP contribution in [0.25, 0.3) is 0 Å². The number of rotatable bonds is 7. The highest BCUT2D eigenvalue weighted by atomic mass is 32.2. The Kier molecular flexibility index (Phi) is 9.82. The van der Waals surface area contributed by atoms with Gasteiger partial charge in [0, 0.05) is 18.0 Å². The van der Waals surface area contributed by atoms with E-state index in [1.165, 1.54) is 16.7 Å². The molecular formula is C27H34N2O2S. The second kappa shape index (κ2) is 12.3. The predicted molar refractivity (Wildman–Crippen MR) is 136 cm³/mol. The van der Waals surface area contributed by atoms with E-state index in [0.29, 0.717) is 19.6 Å². The van der Waals surface area contributed by atoms with E-state index in [0.717, 1.165) is 21.2 Å². The minimum absolute atomic E-state index is 0. The number of aliphatic hydroxyl groups excluding tert-OH is 1. The summed E-state index contributed by atoms with van der Waals surface area (Å²) in [6.45, 7) is 7.89. The minimum Gasteiger partial charge on any atom is -0.508 e. The Morgan fingerprint density at radius 1 is 0.906 bits per heavy atom. The number of thioether (sulfide) groups is 1. The molecule has 4 nitrogen and oxygen atoms in total. The Morgan fingerprint density at radius 2 is 1.62 bits per heavy atom. The van der Waals surface area contributed by atoms with Gasteiger partial charge in [0.25, 0.3) is 0 Å². The first kappa shape index (κ1) is 25.5. The summed E-state index contributed by atoms with van der Waals surface area (Å²) in [5.74, 6) is 0.238. The first-order valence-corrected chi connectivity index (χ1v) is 11.2. The lowest BCUT2D eigenvalue weighted by molar-refractivity contribution is 0.248. The molecule has 32 heavy (non-hydrogen) atoms. The third-order valence-electron chi connectivity index (χ3n) is 4.94. The van der Waals surface area contributed by atoms with Crippen molar-refractivity contribution < 1.29 is 10.2 Å². The number of aromatic hydroxyl groups is 1. The summed E-state index contributed by atoms with van der Waals surface area (Å²) in [5, 5.41) is 20.5. The van der Waals surface area contributed by atoms with Crippen molar-refractivity contribution in [1.29, 1.82) is 0 Å². The van der Waals surface area contributed by atoms with Crippen molar-refractivity contribution in [3.05, 3.63) is 94.5 Å². The fourth-order valence-corrected chi connectivity index (χ4v) is 4.38. The first-order chi connectivity index (χ1) is 14.9. The maximum atomic E-state index is 9.87. The molecule has 3 rings (SSSR count). The van der Waals surface area contributed by atoms with Crippen molar-refractivity contribution in [1.82, 2.24) is 4.90 Å². The molecule has 0 heterocycles. The first-order valence-electron chi connectivity index (χ1n) is 10.4. The lowest BCUT2D eigenvalue weighted by Gasteiger charge is -2.26. The average molecular weight is 451 g/mol. The Morgan fingerprint density at radius 3 is 2.31 bits per heavy atom. The van der Waals surface area contributed by atoms with Gasteiger partial charge in [-0.3, -0.25) is 4.99 Å². The summed E-state index contributed by atoms with van der Waals surface area (Å²) in [7, 11) is 0. The lowest BCUT2D eigenvalue weighted by atomic mass is 10.1. The van der Waals surface area contributed by atoms with Gasteiger partial charge in [0.15, 0.2) is 5.17 Å². The lowest BCUT2D eigenvalue weighted by Crippen LogP contribution is -2.31. The third-order valence-corrected chi connectivity index (χ3v) is 6.18. The van der Waals surface area contributed by atoms with Crippen LogP contribution >= 0.6 is 11.8 Å². The van der Waals surface area contributed by atoms with Crippen LogP contribution in [-0.4, -0.2) is 33.4 Å². The number of hydrogen-bond donors (Lipinski definition) is 2. The number of aliphatic imine (C=N–C) groups is 1. The van der Waals surface area contributed by atoms with E-state index in [-0.39, 0.29) is 19.8 Å². The maximum Gasteiger partial charge on any atom is 0.164 e. The van der Waals surface area contributed by atoms with Gasteiger partial charge in [-0.05, 0) is 55.7 Å². The monoisotopic (exact) mass is 450 g/mol. The molecule has 5 heteroatoms. The molecule has 0 spiro atoms. The summed E-state index contributed by atoms with van der Waals surface area (Å²) in [6.07, 6.45) is 0. The second-order valence-corrected chi connectivity index (χ2v) is 8.78. The molecule has 0 bridgehead atoms. The summed E-state index contributed by atoms with van der Waals surface area (Å²) < 4.78 is 0. The normalized spacial score (nSPS) is 11.2. The molecule has 0 aromatic heterocycles. The van der Waals surface area contributed by atoms with Crippen LogP contribution in [0, 0.1) is 20.8 Å². The molecule has 0 aliphatic carbocycles. The molecule has 0 unspecified atom stereocenters. The fourth-order valence-electron chi connectivity index (χ4n) is 3.42. The molecule has 0 fully saturated rings. The Hall–Kier alpha value is -2.76. The Bertz CT molecular complexity index is 1050. The summed E-state index contributed by atoms with van der Waals surface area (Å²) in [5.41, 5.74) is 5.77. The van der Waals surface area contributed by atoms with Gasteiger partial charge in [-0.15, -0.1) is 0 Å². The van der Waals surface area contributed by atoms with Gasteiger partial charge in [0.2, 0.25) is 0 Å². The van der Waals surface area contributed by atoms with Gasteiger partial charge in [-0.25, -0.2) is 0 Å². The van der Waals surface area contributed by atoms with E-state index in [1.807, 2.05) is 12.1 Å². The fraction of sp³-hybridized carbons (Fsp3) is 0.296. The number of aryl methyl sites for hydroxylation is 3. The van der Waals surface area contributed by atoms with Crippen molar-refractivity contribution in [2.75, 3.05) is 13.2 Å². The van der Waals surface area contributed by atoms with Crippen molar-refractivity contribution >= 4 is 16.9 Å². The minimum atomic E-state index is 0. The van der Waals surface area contributed by atoms with E-state index < -0.39 is 0 Å². The zero-order valence-electron chi connectivity index (χ0n) is 18.4. The molecule has 2 N–H and O–H groups in total. The van der Waals surface area contributed by atoms with Crippen LogP contribution in [0.15, 0.2) is 76.6 Å². The maximum absolute atomic E-state index is 9.87. The Balaban J connectivity index is 0.00000363. The van der Waals surface area contributed by atoms with Crippen LogP contribution in [0.3, 0.4) is 0 Å². The number of benzene rings is 3. The molecule has 170 valence electrons. The standard InChI is InChI=1S/C26H30N2O2S.CH4/c1-19-6-4-7-22(15-19)17-27-26(31-25-11-10-20(2)14-21(25)3)28(12-13-29)18-23-8-5-9-24(30)16-23;/h4-11,14-16,29-30H,12-13,17-18H2,1-3H3;1H4. The molecule has 0 saturated carbocycles. The number of hydrogen-bond acceptors (Lipinski definition) is 4. The van der Waals surface area contributed by atoms with Crippen LogP contribution in [-0.2, 0) is 13.1 Å². The number of aliphatic hydroxyl groups is 1. The van der Waals surface area contributed by atoms with Crippen LogP contribution in [0.2, 0.25) is 0 Å². The van der Waals surface area contributed by atoms with Gasteiger partial charge in [0.05, 0.1) is 13.2 Å². The zero-order valence-corrected chi connectivity index (χ0v) is 19.2. The average Bonchev–Trinajstić information content (AvgIpc) is 2.72. The van der Waals surface area contributed by atoms with Crippen molar-refractivity contribution in [3.8, 4) is 5.75 Å². The van der Waals surface area contributed by atoms with Gasteiger partial charge in [0.1, 0.15) is 5.75 Å². The smallest absolute Gasteiger partial charge is 0.164 e. The SMILES string of the molecule is C.Cc1cccc(CN=C(Sc2ccc(C)cc2C)N(CCO)Cc2cccc(O)c2)c1. The zero-order chi connectivity index (χ0) is 22.2. The van der Waals surface area contributed by atoms with E-state index >= 15 is 0 Å². The second-order valence-electron chi connectivity index (χ2n) is 7.77. The number of phenols is 1. The van der Waals surface area contributed by atoms with E-state index in [4.69, 9.17) is 4.99 Å². The van der Waals surface area contributed by atoms with Gasteiger partial charge in [-0.2, -0.15) is 0 Å². The highest BCUT2D eigenvalue weighted by Crippen LogP contribution is 2.27. The molecule has 0 saturated heterocycles. The van der Waals surface area contributed by atoms with Crippen LogP contribution in [0.5, 0.6) is 5.75 Å². The van der Waals surface area contributed by atoms with Crippen molar-refractivity contribution in [2.45, 2.75) is 46.2 Å². The van der Waals surface area contributed by atoms with Gasteiger partial charge < -0.3 is 15.1 Å².